The first-order valence-electron chi connectivity index (χ1n) is 3.64. The Bertz CT molecular complexity index is 452. The lowest BCUT2D eigenvalue weighted by Crippen LogP contribution is -1.97. The lowest BCUT2D eigenvalue weighted by molar-refractivity contribution is -0.105. The highest BCUT2D eigenvalue weighted by molar-refractivity contribution is 5.92. The number of aromatic nitrogens is 2. The summed E-state index contributed by atoms with van der Waals surface area (Å²) < 4.78 is 13.1. The molecule has 0 aliphatic rings. The fourth-order valence-corrected chi connectivity index (χ4v) is 1.18. The van der Waals surface area contributed by atoms with Gasteiger partial charge >= 0.3 is 0 Å². The van der Waals surface area contributed by atoms with E-state index in [9.17, 15) is 9.18 Å². The Morgan fingerprint density at radius 1 is 1.54 bits per heavy atom. The molecule has 1 heterocycles. The summed E-state index contributed by atoms with van der Waals surface area (Å²) in [4.78, 5) is 16.9. The molecule has 1 aromatic heterocycles. The molecule has 0 aliphatic carbocycles. The van der Waals surface area contributed by atoms with Crippen LogP contribution in [-0.2, 0) is 4.79 Å². The van der Waals surface area contributed by atoms with Gasteiger partial charge < -0.3 is 10.3 Å². The second-order valence-electron chi connectivity index (χ2n) is 2.48. The van der Waals surface area contributed by atoms with Crippen LogP contribution in [0.15, 0.2) is 18.5 Å². The van der Waals surface area contributed by atoms with E-state index in [1.54, 1.807) is 6.07 Å². The number of anilines is 1. The van der Waals surface area contributed by atoms with E-state index in [1.807, 2.05) is 0 Å². The van der Waals surface area contributed by atoms with Crippen LogP contribution in [0, 0.1) is 5.82 Å². The molecule has 1 amide bonds. The third-order valence-corrected chi connectivity index (χ3v) is 1.74. The lowest BCUT2D eigenvalue weighted by atomic mass is 10.2. The molecule has 2 N–H and O–H groups in total. The van der Waals surface area contributed by atoms with E-state index in [2.05, 4.69) is 15.3 Å². The molecule has 0 fully saturated rings. The first kappa shape index (κ1) is 7.72. The minimum atomic E-state index is -0.494. The van der Waals surface area contributed by atoms with E-state index < -0.39 is 5.82 Å². The van der Waals surface area contributed by atoms with Crippen LogP contribution >= 0.6 is 0 Å². The summed E-state index contributed by atoms with van der Waals surface area (Å²) in [6.45, 7) is 0. The average Bonchev–Trinajstić information content (AvgIpc) is 2.58. The van der Waals surface area contributed by atoms with Crippen molar-refractivity contribution in [3.8, 4) is 0 Å². The lowest BCUT2D eigenvalue weighted by Gasteiger charge is -2.00. The maximum atomic E-state index is 13.1. The van der Waals surface area contributed by atoms with Crippen molar-refractivity contribution in [3.63, 3.8) is 0 Å². The molecule has 2 aromatic rings. The first-order chi connectivity index (χ1) is 6.33. The number of halogens is 1. The fraction of sp³-hybridized carbons (Fsp3) is 0. The van der Waals surface area contributed by atoms with Gasteiger partial charge in [0.25, 0.3) is 0 Å². The van der Waals surface area contributed by atoms with E-state index in [1.165, 1.54) is 12.4 Å². The first-order valence-corrected chi connectivity index (χ1v) is 3.64. The number of rotatable bonds is 2. The number of nitrogens with zero attached hydrogens (tertiary/aromatic N) is 1. The Hall–Kier alpha value is -1.91. The van der Waals surface area contributed by atoms with Gasteiger partial charge in [0.2, 0.25) is 6.41 Å². The third kappa shape index (κ3) is 1.14. The maximum absolute atomic E-state index is 13.1. The van der Waals surface area contributed by atoms with E-state index in [0.29, 0.717) is 17.4 Å². The van der Waals surface area contributed by atoms with Gasteiger partial charge in [0.05, 0.1) is 11.8 Å². The fourth-order valence-electron chi connectivity index (χ4n) is 1.18. The topological polar surface area (TPSA) is 57.8 Å². The zero-order valence-corrected chi connectivity index (χ0v) is 6.54. The molecule has 0 spiro atoms. The minimum absolute atomic E-state index is 0.105. The van der Waals surface area contributed by atoms with Gasteiger partial charge in [-0.1, -0.05) is 0 Å². The normalized spacial score (nSPS) is 10.2. The molecule has 0 radical (unpaired) electrons. The molecule has 0 aliphatic heterocycles. The number of carbonyl (C=O) groups is 1. The summed E-state index contributed by atoms with van der Waals surface area (Å²) in [5.41, 5.74) is 1.21. The van der Waals surface area contributed by atoms with Crippen LogP contribution in [0.1, 0.15) is 0 Å². The Balaban J connectivity index is 2.72. The monoisotopic (exact) mass is 179 g/mol. The standard InChI is InChI=1S/C8H6FN3O/c9-5-1-2-6-8(11-3-10-6)7(5)12-4-13/h1-4H,(H,10,11)(H,12,13). The molecular formula is C8H6FN3O. The quantitative estimate of drug-likeness (QED) is 0.682. The van der Waals surface area contributed by atoms with Crippen molar-refractivity contribution in [2.24, 2.45) is 0 Å². The van der Waals surface area contributed by atoms with Crippen LogP contribution in [0.5, 0.6) is 0 Å². The predicted molar refractivity (Wildman–Crippen MR) is 45.7 cm³/mol. The number of amides is 1. The van der Waals surface area contributed by atoms with E-state index in [0.717, 1.165) is 0 Å². The molecule has 0 saturated heterocycles. The molecule has 13 heavy (non-hydrogen) atoms. The van der Waals surface area contributed by atoms with Crippen LogP contribution in [0.2, 0.25) is 0 Å². The molecule has 0 saturated carbocycles. The van der Waals surface area contributed by atoms with Gasteiger partial charge in [0.15, 0.2) is 0 Å². The predicted octanol–water partition coefficient (Wildman–Crippen LogP) is 1.27. The van der Waals surface area contributed by atoms with Crippen molar-refractivity contribution in [1.82, 2.24) is 9.97 Å². The number of imidazole rings is 1. The minimum Gasteiger partial charge on any atom is -0.345 e. The second-order valence-corrected chi connectivity index (χ2v) is 2.48. The van der Waals surface area contributed by atoms with Crippen molar-refractivity contribution < 1.29 is 9.18 Å². The number of H-pyrrole nitrogens is 1. The number of aromatic amines is 1. The zero-order valence-electron chi connectivity index (χ0n) is 6.54. The number of hydrogen-bond donors (Lipinski definition) is 2. The summed E-state index contributed by atoms with van der Waals surface area (Å²) in [6, 6.07) is 2.83. The maximum Gasteiger partial charge on any atom is 0.211 e. The van der Waals surface area contributed by atoms with Crippen molar-refractivity contribution in [2.45, 2.75) is 0 Å². The van der Waals surface area contributed by atoms with E-state index >= 15 is 0 Å². The van der Waals surface area contributed by atoms with Crippen molar-refractivity contribution in [3.05, 3.63) is 24.3 Å². The van der Waals surface area contributed by atoms with Gasteiger partial charge in [-0.2, -0.15) is 0 Å². The van der Waals surface area contributed by atoms with Gasteiger partial charge in [-0.15, -0.1) is 0 Å². The summed E-state index contributed by atoms with van der Waals surface area (Å²) in [5, 5.41) is 2.27. The second kappa shape index (κ2) is 2.85. The zero-order chi connectivity index (χ0) is 9.26. The molecule has 4 nitrogen and oxygen atoms in total. The van der Waals surface area contributed by atoms with Crippen LogP contribution in [-0.4, -0.2) is 16.4 Å². The van der Waals surface area contributed by atoms with E-state index in [4.69, 9.17) is 0 Å². The summed E-state index contributed by atoms with van der Waals surface area (Å²) in [7, 11) is 0. The summed E-state index contributed by atoms with van der Waals surface area (Å²) in [5.74, 6) is -0.494. The Kier molecular flexibility index (Phi) is 1.70. The third-order valence-electron chi connectivity index (χ3n) is 1.74. The number of benzene rings is 1. The van der Waals surface area contributed by atoms with Gasteiger partial charge in [-0.05, 0) is 12.1 Å². The molecular weight excluding hydrogens is 173 g/mol. The Labute approximate surface area is 72.8 Å². The van der Waals surface area contributed by atoms with Crippen molar-refractivity contribution in [1.29, 1.82) is 0 Å². The Morgan fingerprint density at radius 2 is 2.38 bits per heavy atom. The van der Waals surface area contributed by atoms with Crippen LogP contribution in [0.4, 0.5) is 10.1 Å². The number of nitrogens with one attached hydrogen (secondary N) is 2. The van der Waals surface area contributed by atoms with Crippen LogP contribution < -0.4 is 5.32 Å². The largest absolute Gasteiger partial charge is 0.345 e. The summed E-state index contributed by atoms with van der Waals surface area (Å²) in [6.07, 6.45) is 1.87. The molecule has 2 rings (SSSR count). The van der Waals surface area contributed by atoms with Gasteiger partial charge in [-0.25, -0.2) is 9.37 Å². The molecule has 5 heteroatoms. The molecule has 0 atom stereocenters. The van der Waals surface area contributed by atoms with E-state index in [-0.39, 0.29) is 5.69 Å². The van der Waals surface area contributed by atoms with Crippen LogP contribution in [0.3, 0.4) is 0 Å². The van der Waals surface area contributed by atoms with Gasteiger partial charge in [0.1, 0.15) is 17.0 Å². The van der Waals surface area contributed by atoms with Crippen LogP contribution in [0.25, 0.3) is 11.0 Å². The highest BCUT2D eigenvalue weighted by Crippen LogP contribution is 2.22. The number of carbonyl (C=O) groups excluding carboxylic acids is 1. The van der Waals surface area contributed by atoms with Gasteiger partial charge in [-0.3, -0.25) is 4.79 Å². The number of fused-ring (bicyclic) bond motifs is 1. The highest BCUT2D eigenvalue weighted by atomic mass is 19.1. The van der Waals surface area contributed by atoms with Crippen molar-refractivity contribution in [2.75, 3.05) is 5.32 Å². The number of hydrogen-bond acceptors (Lipinski definition) is 2. The molecule has 0 unspecified atom stereocenters. The molecule has 1 aromatic carbocycles. The average molecular weight is 179 g/mol. The summed E-state index contributed by atoms with van der Waals surface area (Å²) >= 11 is 0. The van der Waals surface area contributed by atoms with Crippen molar-refractivity contribution >= 4 is 23.1 Å². The molecule has 66 valence electrons. The molecule has 0 bridgehead atoms. The Morgan fingerprint density at radius 3 is 3.15 bits per heavy atom. The smallest absolute Gasteiger partial charge is 0.211 e. The van der Waals surface area contributed by atoms with Gasteiger partial charge in [0, 0.05) is 0 Å². The highest BCUT2D eigenvalue weighted by Gasteiger charge is 2.07. The SMILES string of the molecule is O=CNc1c(F)ccc2[nH]cnc12.